The summed E-state index contributed by atoms with van der Waals surface area (Å²) in [5.74, 6) is -9.53. The second-order valence-electron chi connectivity index (χ2n) is 3.85. The number of carboxylic acids is 1. The van der Waals surface area contributed by atoms with Crippen molar-refractivity contribution in [2.24, 2.45) is 0 Å². The van der Waals surface area contributed by atoms with Crippen LogP contribution in [-0.4, -0.2) is 17.0 Å². The van der Waals surface area contributed by atoms with Crippen LogP contribution in [-0.2, 0) is 9.59 Å². The summed E-state index contributed by atoms with van der Waals surface area (Å²) in [6, 6.07) is -0.00841. The molecule has 0 aliphatic carbocycles. The van der Waals surface area contributed by atoms with E-state index in [9.17, 15) is 27.2 Å². The molecule has 0 heterocycles. The van der Waals surface area contributed by atoms with E-state index in [0.717, 1.165) is 13.8 Å². The standard InChI is InChI=1S/C12H9F4NO3/c1-4(5(2)12(19)20)11(18)17-10-8(15)6(13)3-7(14)9(10)16/h3H,1-2H3,(H,17,18)(H,19,20)/b5-4+. The Morgan fingerprint density at radius 3 is 1.85 bits per heavy atom. The zero-order chi connectivity index (χ0) is 15.6. The van der Waals surface area contributed by atoms with Gasteiger partial charge in [0.15, 0.2) is 23.3 Å². The molecule has 8 heteroatoms. The van der Waals surface area contributed by atoms with Crippen LogP contribution < -0.4 is 5.32 Å². The van der Waals surface area contributed by atoms with Crippen LogP contribution in [0.15, 0.2) is 17.2 Å². The van der Waals surface area contributed by atoms with Gasteiger partial charge in [0.05, 0.1) is 0 Å². The third-order valence-electron chi connectivity index (χ3n) is 2.57. The molecule has 1 aromatic rings. The Labute approximate surface area is 110 Å². The lowest BCUT2D eigenvalue weighted by Crippen LogP contribution is -2.19. The van der Waals surface area contributed by atoms with Crippen LogP contribution in [0.2, 0.25) is 0 Å². The first-order chi connectivity index (χ1) is 9.16. The number of benzene rings is 1. The normalized spacial score (nSPS) is 11.9. The van der Waals surface area contributed by atoms with Gasteiger partial charge in [-0.1, -0.05) is 0 Å². The molecule has 0 atom stereocenters. The van der Waals surface area contributed by atoms with Crippen molar-refractivity contribution < 1.29 is 32.3 Å². The van der Waals surface area contributed by atoms with Crippen LogP contribution in [0.4, 0.5) is 23.2 Å². The minimum absolute atomic E-state index is 0.00841. The summed E-state index contributed by atoms with van der Waals surface area (Å²) in [6.07, 6.45) is 0. The summed E-state index contributed by atoms with van der Waals surface area (Å²) in [6.45, 7) is 2.18. The van der Waals surface area contributed by atoms with Crippen LogP contribution in [0, 0.1) is 23.3 Å². The Bertz CT molecular complexity index is 599. The second kappa shape index (κ2) is 5.72. The van der Waals surface area contributed by atoms with Gasteiger partial charge in [0.25, 0.3) is 5.91 Å². The minimum Gasteiger partial charge on any atom is -0.478 e. The Balaban J connectivity index is 3.22. The molecule has 0 fully saturated rings. The topological polar surface area (TPSA) is 66.4 Å². The molecule has 0 saturated heterocycles. The van der Waals surface area contributed by atoms with Crippen molar-refractivity contribution in [1.82, 2.24) is 0 Å². The molecule has 0 aliphatic heterocycles. The molecule has 108 valence electrons. The van der Waals surface area contributed by atoms with E-state index in [0.29, 0.717) is 0 Å². The fraction of sp³-hybridized carbons (Fsp3) is 0.167. The van der Waals surface area contributed by atoms with Crippen molar-refractivity contribution in [3.05, 3.63) is 40.5 Å². The number of carbonyl (C=O) groups is 2. The van der Waals surface area contributed by atoms with Gasteiger partial charge in [0.1, 0.15) is 5.69 Å². The Kier molecular flexibility index (Phi) is 4.49. The molecule has 0 bridgehead atoms. The number of nitrogens with one attached hydrogen (secondary N) is 1. The molecule has 0 spiro atoms. The maximum absolute atomic E-state index is 13.3. The number of carboxylic acid groups (broad SMARTS) is 1. The lowest BCUT2D eigenvalue weighted by molar-refractivity contribution is -0.133. The first kappa shape index (κ1) is 15.7. The molecule has 0 saturated carbocycles. The van der Waals surface area contributed by atoms with Crippen molar-refractivity contribution in [3.63, 3.8) is 0 Å². The first-order valence-electron chi connectivity index (χ1n) is 5.22. The van der Waals surface area contributed by atoms with E-state index in [1.165, 1.54) is 0 Å². The smallest absolute Gasteiger partial charge is 0.331 e. The van der Waals surface area contributed by atoms with Crippen molar-refractivity contribution in [1.29, 1.82) is 0 Å². The summed E-state index contributed by atoms with van der Waals surface area (Å²) in [4.78, 5) is 22.2. The van der Waals surface area contributed by atoms with Gasteiger partial charge in [-0.05, 0) is 13.8 Å². The molecular weight excluding hydrogens is 282 g/mol. The fourth-order valence-electron chi connectivity index (χ4n) is 1.22. The number of aliphatic carboxylic acids is 1. The largest absolute Gasteiger partial charge is 0.478 e. The fourth-order valence-corrected chi connectivity index (χ4v) is 1.22. The second-order valence-corrected chi connectivity index (χ2v) is 3.85. The van der Waals surface area contributed by atoms with Gasteiger partial charge >= 0.3 is 5.97 Å². The van der Waals surface area contributed by atoms with Gasteiger partial charge < -0.3 is 10.4 Å². The summed E-state index contributed by atoms with van der Waals surface area (Å²) in [5.41, 5.74) is -2.05. The number of rotatable bonds is 3. The quantitative estimate of drug-likeness (QED) is 0.511. The summed E-state index contributed by atoms with van der Waals surface area (Å²) in [7, 11) is 0. The van der Waals surface area contributed by atoms with E-state index >= 15 is 0 Å². The highest BCUT2D eigenvalue weighted by molar-refractivity contribution is 6.08. The number of hydrogen-bond acceptors (Lipinski definition) is 2. The van der Waals surface area contributed by atoms with Crippen molar-refractivity contribution in [3.8, 4) is 0 Å². The molecule has 0 radical (unpaired) electrons. The monoisotopic (exact) mass is 291 g/mol. The average Bonchev–Trinajstić information content (AvgIpc) is 2.39. The zero-order valence-electron chi connectivity index (χ0n) is 10.4. The SMILES string of the molecule is C/C(C(=O)O)=C(/C)C(=O)Nc1c(F)c(F)cc(F)c1F. The van der Waals surface area contributed by atoms with Gasteiger partial charge in [0, 0.05) is 17.2 Å². The Morgan fingerprint density at radius 1 is 1.00 bits per heavy atom. The van der Waals surface area contributed by atoms with Crippen LogP contribution in [0.3, 0.4) is 0 Å². The highest BCUT2D eigenvalue weighted by Crippen LogP contribution is 2.24. The van der Waals surface area contributed by atoms with Crippen LogP contribution in [0.25, 0.3) is 0 Å². The predicted octanol–water partition coefficient (Wildman–Crippen LogP) is 2.60. The minimum atomic E-state index is -1.78. The van der Waals surface area contributed by atoms with E-state index in [1.807, 2.05) is 0 Å². The third-order valence-corrected chi connectivity index (χ3v) is 2.57. The number of carbonyl (C=O) groups excluding carboxylic acids is 1. The summed E-state index contributed by atoms with van der Waals surface area (Å²) >= 11 is 0. The molecule has 20 heavy (non-hydrogen) atoms. The van der Waals surface area contributed by atoms with Gasteiger partial charge in [-0.3, -0.25) is 4.79 Å². The molecule has 4 nitrogen and oxygen atoms in total. The summed E-state index contributed by atoms with van der Waals surface area (Å²) in [5, 5.41) is 10.3. The van der Waals surface area contributed by atoms with E-state index in [2.05, 4.69) is 0 Å². The lowest BCUT2D eigenvalue weighted by atomic mass is 10.1. The Hall–Kier alpha value is -2.38. The van der Waals surface area contributed by atoms with Gasteiger partial charge in [-0.25, -0.2) is 22.4 Å². The zero-order valence-corrected chi connectivity index (χ0v) is 10.4. The van der Waals surface area contributed by atoms with Crippen LogP contribution >= 0.6 is 0 Å². The number of amides is 1. The molecule has 0 aromatic heterocycles. The van der Waals surface area contributed by atoms with E-state index in [1.54, 1.807) is 5.32 Å². The van der Waals surface area contributed by atoms with Gasteiger partial charge in [0.2, 0.25) is 0 Å². The molecule has 2 N–H and O–H groups in total. The van der Waals surface area contributed by atoms with Gasteiger partial charge in [-0.15, -0.1) is 0 Å². The molecule has 1 rings (SSSR count). The Morgan fingerprint density at radius 2 is 1.45 bits per heavy atom. The first-order valence-corrected chi connectivity index (χ1v) is 5.22. The van der Waals surface area contributed by atoms with Crippen LogP contribution in [0.5, 0.6) is 0 Å². The molecule has 1 aromatic carbocycles. The maximum atomic E-state index is 13.3. The van der Waals surface area contributed by atoms with Crippen LogP contribution in [0.1, 0.15) is 13.8 Å². The van der Waals surface area contributed by atoms with E-state index in [4.69, 9.17) is 5.11 Å². The van der Waals surface area contributed by atoms with Crippen molar-refractivity contribution in [2.75, 3.05) is 5.32 Å². The molecule has 0 aliphatic rings. The van der Waals surface area contributed by atoms with Crippen molar-refractivity contribution >= 4 is 17.6 Å². The number of anilines is 1. The third kappa shape index (κ3) is 2.95. The maximum Gasteiger partial charge on any atom is 0.331 e. The van der Waals surface area contributed by atoms with E-state index < -0.39 is 40.8 Å². The molecular formula is C12H9F4NO3. The predicted molar refractivity (Wildman–Crippen MR) is 60.9 cm³/mol. The van der Waals surface area contributed by atoms with Crippen molar-refractivity contribution in [2.45, 2.75) is 13.8 Å². The average molecular weight is 291 g/mol. The molecule has 1 amide bonds. The highest BCUT2D eigenvalue weighted by atomic mass is 19.2. The number of hydrogen-bond donors (Lipinski definition) is 2. The summed E-state index contributed by atoms with van der Waals surface area (Å²) < 4.78 is 52.4. The molecule has 0 unspecified atom stereocenters. The highest BCUT2D eigenvalue weighted by Gasteiger charge is 2.22. The lowest BCUT2D eigenvalue weighted by Gasteiger charge is -2.10. The van der Waals surface area contributed by atoms with Gasteiger partial charge in [-0.2, -0.15) is 0 Å². The van der Waals surface area contributed by atoms with E-state index in [-0.39, 0.29) is 17.2 Å². The number of halogens is 4.